The molecule has 2 radical (unpaired) electrons. The quantitative estimate of drug-likeness (QED) is 0.0488. The Morgan fingerprint density at radius 1 is 0.810 bits per heavy atom. The van der Waals surface area contributed by atoms with Gasteiger partial charge in [-0.15, -0.1) is 5.10 Å². The topological polar surface area (TPSA) is 305 Å². The van der Waals surface area contributed by atoms with Crippen molar-refractivity contribution >= 4 is 78.8 Å². The Balaban J connectivity index is 0.694. The number of rotatable bonds is 11. The Morgan fingerprint density at radius 2 is 1.48 bits per heavy atom. The first-order chi connectivity index (χ1) is 40.6. The molecule has 4 aliphatic rings. The van der Waals surface area contributed by atoms with Crippen LogP contribution >= 0.6 is 25.7 Å². The molecule has 13 rings (SSSR count). The minimum Gasteiger partial charge on any atom is -0.492 e. The summed E-state index contributed by atoms with van der Waals surface area (Å²) in [5.41, 5.74) is 18.1. The Hall–Kier alpha value is -7.85. The highest BCUT2D eigenvalue weighted by Crippen LogP contribution is 2.65. The number of nitrogens with one attached hydrogen (secondary N) is 1. The van der Waals surface area contributed by atoms with Crippen molar-refractivity contribution in [1.82, 2.24) is 49.0 Å². The van der Waals surface area contributed by atoms with Gasteiger partial charge in [-0.3, -0.25) is 32.5 Å². The zero-order valence-corrected chi connectivity index (χ0v) is 46.7. The van der Waals surface area contributed by atoms with Crippen LogP contribution in [0.5, 0.6) is 11.5 Å². The van der Waals surface area contributed by atoms with E-state index >= 15 is 13.3 Å². The van der Waals surface area contributed by atoms with Crippen LogP contribution in [0.2, 0.25) is 0 Å². The fraction of sp³-hybridized carbons (Fsp3) is 0.283. The number of imidazole rings is 2. The molecule has 3 fully saturated rings. The molecule has 5 N–H and O–H groups in total. The SMILES string of the molecule is [B][P@]1(=O)OC[C@H]2O[C@@H](n3cnc4c(N)ccnc43)[C@H](F)[C@@H]2O[P@@](=O)(SCc2ccc(OC(=O)c3ccc(OCCn4nnc5c4-c4ccccc4N(C)Cc4ccccc4-5)cc3)cc2)OC[C@H]2O[C@@H](n3cnc4c(=O)[nH]c(N)nc43)[C@H](F)[C@@H]2O1. The monoisotopic (exact) mass is 1200 g/mol. The van der Waals surface area contributed by atoms with E-state index in [4.69, 9.17) is 56.1 Å². The number of halogens is 2. The van der Waals surface area contributed by atoms with Crippen LogP contribution in [0.1, 0.15) is 33.9 Å². The fourth-order valence-corrected chi connectivity index (χ4v) is 14.9. The molecule has 9 heterocycles. The molecule has 0 amide bonds. The average Bonchev–Trinajstić information content (AvgIpc) is 4.18. The molecule has 84 heavy (non-hydrogen) atoms. The van der Waals surface area contributed by atoms with Crippen molar-refractivity contribution in [3.8, 4) is 34.0 Å². The molecule has 4 aliphatic heterocycles. The first-order valence-corrected chi connectivity index (χ1v) is 30.9. The summed E-state index contributed by atoms with van der Waals surface area (Å²) in [4.78, 5) is 47.2. The van der Waals surface area contributed by atoms with Gasteiger partial charge in [0.2, 0.25) is 13.5 Å². The van der Waals surface area contributed by atoms with Gasteiger partial charge in [-0.05, 0) is 71.0 Å². The van der Waals surface area contributed by atoms with E-state index in [0.29, 0.717) is 35.8 Å². The maximum Gasteiger partial charge on any atom is 0.389 e. The number of ether oxygens (including phenoxy) is 4. The molecule has 25 nitrogen and oxygen atoms in total. The van der Waals surface area contributed by atoms with Gasteiger partial charge in [0.1, 0.15) is 53.7 Å². The third-order valence-corrected chi connectivity index (χ3v) is 19.2. The third kappa shape index (κ3) is 10.6. The van der Waals surface area contributed by atoms with Gasteiger partial charge in [-0.2, -0.15) is 4.98 Å². The zero-order chi connectivity index (χ0) is 58.0. The number of nitrogens with two attached hydrogens (primary N) is 2. The number of hydrogen-bond donors (Lipinski definition) is 3. The van der Waals surface area contributed by atoms with Crippen LogP contribution in [0.4, 0.5) is 26.1 Å². The summed E-state index contributed by atoms with van der Waals surface area (Å²) < 4.78 is 114. The van der Waals surface area contributed by atoms with Gasteiger partial charge in [0.25, 0.3) is 13.0 Å². The second-order valence-corrected chi connectivity index (χ2v) is 25.5. The van der Waals surface area contributed by atoms with Crippen LogP contribution in [0.25, 0.3) is 44.8 Å². The number of esters is 1. The highest BCUT2D eigenvalue weighted by atomic mass is 32.7. The van der Waals surface area contributed by atoms with E-state index in [1.807, 2.05) is 28.9 Å². The third-order valence-electron chi connectivity index (χ3n) is 14.5. The Morgan fingerprint density at radius 3 is 2.24 bits per heavy atom. The van der Waals surface area contributed by atoms with Gasteiger partial charge in [-0.25, -0.2) is 37.8 Å². The number of carbonyl (C=O) groups is 1. The molecule has 31 heteroatoms. The first kappa shape index (κ1) is 55.4. The molecular formula is C53H48BF2N13O12P2S. The second kappa shape index (κ2) is 22.3. The summed E-state index contributed by atoms with van der Waals surface area (Å²) in [7, 11) is 3.34. The molecule has 3 saturated heterocycles. The summed E-state index contributed by atoms with van der Waals surface area (Å²) in [6, 6.07) is 30.6. The van der Waals surface area contributed by atoms with E-state index in [0.717, 1.165) is 44.7 Å². The number of carbonyl (C=O) groups excluding carboxylic acids is 1. The van der Waals surface area contributed by atoms with Crippen molar-refractivity contribution in [2.24, 2.45) is 0 Å². The molecule has 0 spiro atoms. The molecule has 4 aromatic carbocycles. The highest BCUT2D eigenvalue weighted by molar-refractivity contribution is 8.54. The largest absolute Gasteiger partial charge is 0.492 e. The van der Waals surface area contributed by atoms with Crippen LogP contribution in [0.3, 0.4) is 0 Å². The number of nitrogens with zero attached hydrogens (tertiary/aromatic N) is 10. The summed E-state index contributed by atoms with van der Waals surface area (Å²) in [5.74, 6) is -0.353. The highest BCUT2D eigenvalue weighted by Gasteiger charge is 2.55. The summed E-state index contributed by atoms with van der Waals surface area (Å²) in [5, 5.41) is 9.18. The number of nitrogen functional groups attached to an aromatic ring is 2. The number of alkyl halides is 2. The Labute approximate surface area is 480 Å². The van der Waals surface area contributed by atoms with Crippen LogP contribution < -0.4 is 31.4 Å². The predicted octanol–water partition coefficient (Wildman–Crippen LogP) is 7.51. The number of pyridine rings is 1. The molecule has 430 valence electrons. The number of fused-ring (bicyclic) bond motifs is 9. The zero-order valence-electron chi connectivity index (χ0n) is 44.1. The number of para-hydroxylation sites is 1. The maximum atomic E-state index is 17.0. The van der Waals surface area contributed by atoms with E-state index < -0.39 is 88.2 Å². The summed E-state index contributed by atoms with van der Waals surface area (Å²) >= 11 is 0.645. The smallest absolute Gasteiger partial charge is 0.389 e. The van der Waals surface area contributed by atoms with Gasteiger partial charge in [0, 0.05) is 42.4 Å². The van der Waals surface area contributed by atoms with Crippen molar-refractivity contribution in [3.05, 3.63) is 149 Å². The van der Waals surface area contributed by atoms with Crippen LogP contribution in [-0.2, 0) is 55.5 Å². The van der Waals surface area contributed by atoms with Crippen LogP contribution in [0.15, 0.2) is 127 Å². The van der Waals surface area contributed by atoms with Crippen LogP contribution in [0, 0.1) is 0 Å². The van der Waals surface area contributed by atoms with Gasteiger partial charge >= 0.3 is 12.8 Å². The molecular weight excluding hydrogens is 1150 g/mol. The van der Waals surface area contributed by atoms with Gasteiger partial charge in [0.05, 0.1) is 49.4 Å². The number of aromatic amines is 1. The minimum atomic E-state index is -4.77. The van der Waals surface area contributed by atoms with Crippen molar-refractivity contribution in [1.29, 1.82) is 0 Å². The lowest BCUT2D eigenvalue weighted by Gasteiger charge is -2.30. The first-order valence-electron chi connectivity index (χ1n) is 26.1. The lowest BCUT2D eigenvalue weighted by atomic mass is 9.96. The Bertz CT molecular complexity index is 4150. The van der Waals surface area contributed by atoms with Gasteiger partial charge in [-0.1, -0.05) is 59.8 Å². The van der Waals surface area contributed by atoms with Gasteiger partial charge in [0.15, 0.2) is 41.6 Å². The normalized spacial score (nSPS) is 26.0. The Kier molecular flexibility index (Phi) is 14.7. The number of benzene rings is 4. The molecule has 10 atom stereocenters. The fourth-order valence-electron chi connectivity index (χ4n) is 10.5. The maximum absolute atomic E-state index is 17.0. The predicted molar refractivity (Wildman–Crippen MR) is 302 cm³/mol. The molecule has 5 aromatic heterocycles. The van der Waals surface area contributed by atoms with E-state index in [1.165, 1.54) is 35.3 Å². The molecule has 0 saturated carbocycles. The standard InChI is InChI=1S/C53H48BF2N13O12P2S/c1-66-22-30-6-2-3-7-33(30)41-44(34-8-4-5-9-36(34)66)69(65-64-41)20-21-74-31-16-12-29(13-17-31)52(71)77-32-14-10-28(11-15-32)25-84-83(73)76-24-38-45(39(55)51(79-38)68-27-61-43-48(68)62-53(58)63-49(43)70)80-82(54,72)75-23-37-46(81-83)40(56)50(78-37)67-26-60-42-35(57)18-19-59-47(42)67/h2-19,26-27,37-40,45-46,50-51H,20-25H2,1H3,(H2,57,59)(H3,58,62,63,70)/t37-,38-,39-,40-,45-,46-,50-,51-,82+,83+/m1/s1. The van der Waals surface area contributed by atoms with Gasteiger partial charge < -0.3 is 44.4 Å². The van der Waals surface area contributed by atoms with E-state index in [1.54, 1.807) is 36.4 Å². The second-order valence-electron chi connectivity index (χ2n) is 20.0. The molecule has 0 unspecified atom stereocenters. The number of anilines is 3. The van der Waals surface area contributed by atoms with Crippen molar-refractivity contribution in [2.45, 2.75) is 68.1 Å². The van der Waals surface area contributed by atoms with Crippen molar-refractivity contribution in [2.75, 3.05) is 43.2 Å². The van der Waals surface area contributed by atoms with Crippen molar-refractivity contribution in [3.63, 3.8) is 0 Å². The minimum absolute atomic E-state index is 0.101. The van der Waals surface area contributed by atoms with E-state index in [-0.39, 0.29) is 57.6 Å². The average molecular weight is 1200 g/mol. The molecule has 9 aromatic rings. The van der Waals surface area contributed by atoms with Crippen LogP contribution in [-0.4, -0.2) is 126 Å². The van der Waals surface area contributed by atoms with E-state index in [2.05, 4.69) is 71.4 Å². The number of H-pyrrole nitrogens is 1. The molecule has 0 aliphatic carbocycles. The van der Waals surface area contributed by atoms with Crippen molar-refractivity contribution < 1.29 is 59.7 Å². The molecule has 0 bridgehead atoms. The summed E-state index contributed by atoms with van der Waals surface area (Å²) in [6.07, 6.45) is -10.5. The number of hydrogen-bond acceptors (Lipinski definition) is 22. The summed E-state index contributed by atoms with van der Waals surface area (Å²) in [6.45, 7) is -4.84. The lowest BCUT2D eigenvalue weighted by Crippen LogP contribution is -2.37. The number of aromatic nitrogens is 10. The lowest BCUT2D eigenvalue weighted by molar-refractivity contribution is -0.0546. The van der Waals surface area contributed by atoms with E-state index in [9.17, 15) is 14.2 Å².